The second kappa shape index (κ2) is 65.8. The van der Waals surface area contributed by atoms with Crippen LogP contribution in [-0.4, -0.2) is 37.2 Å². The van der Waals surface area contributed by atoms with Gasteiger partial charge >= 0.3 is 17.9 Å². The van der Waals surface area contributed by atoms with Crippen LogP contribution in [0.5, 0.6) is 0 Å². The van der Waals surface area contributed by atoms with Crippen LogP contribution in [0.2, 0.25) is 0 Å². The third-order valence-electron chi connectivity index (χ3n) is 13.3. The minimum atomic E-state index is -0.801. The molecule has 6 heteroatoms. The molecule has 0 aromatic heterocycles. The summed E-state index contributed by atoms with van der Waals surface area (Å²) in [5.74, 6) is -0.930. The molecule has 0 saturated heterocycles. The SMILES string of the molecule is CC/C=C\C/C=C\C/C=C\C/C=C\C/C=C\C/C=C\C/C=C\CCCCCCCCCC(=O)OCC(COC(=O)CCCCCCC/C=C\CCCCCC)OC(=O)CCCCCCCC/C=C\C/C=C\C/C=C\C/C=C\CC. The molecule has 1 atom stereocenters. The molecule has 446 valence electrons. The van der Waals surface area contributed by atoms with E-state index in [0.717, 1.165) is 161 Å². The molecule has 0 aliphatic carbocycles. The number of esters is 3. The smallest absolute Gasteiger partial charge is 0.306 e. The average molecular weight is 1090 g/mol. The quantitative estimate of drug-likeness (QED) is 0.0261. The maximum Gasteiger partial charge on any atom is 0.306 e. The van der Waals surface area contributed by atoms with Crippen molar-refractivity contribution < 1.29 is 28.6 Å². The number of unbranched alkanes of at least 4 members (excludes halogenated alkanes) is 22. The van der Waals surface area contributed by atoms with Crippen molar-refractivity contribution in [2.45, 2.75) is 284 Å². The second-order valence-electron chi connectivity index (χ2n) is 20.9. The van der Waals surface area contributed by atoms with Crippen LogP contribution in [0.3, 0.4) is 0 Å². The molecule has 0 heterocycles. The van der Waals surface area contributed by atoms with E-state index in [1.54, 1.807) is 0 Å². The van der Waals surface area contributed by atoms with Crippen molar-refractivity contribution in [1.82, 2.24) is 0 Å². The van der Waals surface area contributed by atoms with Crippen LogP contribution in [0.15, 0.2) is 146 Å². The maximum absolute atomic E-state index is 12.9. The fourth-order valence-corrected chi connectivity index (χ4v) is 8.53. The van der Waals surface area contributed by atoms with E-state index < -0.39 is 6.10 Å². The number of ether oxygens (including phenoxy) is 3. The van der Waals surface area contributed by atoms with Crippen LogP contribution in [0.1, 0.15) is 278 Å². The summed E-state index contributed by atoms with van der Waals surface area (Å²) in [7, 11) is 0. The highest BCUT2D eigenvalue weighted by Gasteiger charge is 2.19. The monoisotopic (exact) mass is 1090 g/mol. The molecular formula is C73H118O6. The Kier molecular flexibility index (Phi) is 61.9. The van der Waals surface area contributed by atoms with Crippen molar-refractivity contribution in [2.24, 2.45) is 0 Å². The lowest BCUT2D eigenvalue weighted by Crippen LogP contribution is -2.30. The number of allylic oxidation sites excluding steroid dienone is 24. The average Bonchev–Trinajstić information content (AvgIpc) is 3.45. The topological polar surface area (TPSA) is 78.9 Å². The Balaban J connectivity index is 4.38. The summed E-state index contributed by atoms with van der Waals surface area (Å²) >= 11 is 0. The van der Waals surface area contributed by atoms with Crippen molar-refractivity contribution >= 4 is 17.9 Å². The highest BCUT2D eigenvalue weighted by atomic mass is 16.6. The van der Waals surface area contributed by atoms with Crippen molar-refractivity contribution in [2.75, 3.05) is 13.2 Å². The van der Waals surface area contributed by atoms with Gasteiger partial charge in [0.15, 0.2) is 6.10 Å². The maximum atomic E-state index is 12.9. The van der Waals surface area contributed by atoms with E-state index in [4.69, 9.17) is 14.2 Å². The standard InChI is InChI=1S/C73H118O6/c1-4-7-10-13-16-19-22-25-27-29-31-32-33-34-35-36-37-38-39-40-42-43-45-48-51-54-57-60-63-66-72(75)78-69-70(68-77-71(74)65-62-59-56-53-50-47-24-21-18-15-12-9-6-3)79-73(76)67-64-61-58-55-52-49-46-44-41-30-28-26-23-20-17-14-11-8-5-2/h7-8,10-11,16-17,19-21,24-28,31-32,34-35,37-38,40-42,44,70H,4-6,9,12-15,18,22-23,29-30,33,36,39,43,45-69H2,1-3H3/b10-7-,11-8-,19-16-,20-17-,24-21-,27-25-,28-26-,32-31-,35-34-,38-37-,42-40-,44-41-. The third kappa shape index (κ3) is 64.0. The molecule has 0 saturated carbocycles. The zero-order valence-electron chi connectivity index (χ0n) is 51.1. The first-order valence-electron chi connectivity index (χ1n) is 32.3. The zero-order chi connectivity index (χ0) is 57.1. The van der Waals surface area contributed by atoms with Crippen molar-refractivity contribution in [3.63, 3.8) is 0 Å². The van der Waals surface area contributed by atoms with Gasteiger partial charge in [0, 0.05) is 19.3 Å². The van der Waals surface area contributed by atoms with Crippen LogP contribution in [-0.2, 0) is 28.6 Å². The van der Waals surface area contributed by atoms with E-state index in [1.807, 2.05) is 0 Å². The Morgan fingerprint density at radius 3 is 0.785 bits per heavy atom. The highest BCUT2D eigenvalue weighted by molar-refractivity contribution is 5.71. The Bertz CT molecular complexity index is 1730. The van der Waals surface area contributed by atoms with Gasteiger partial charge in [0.05, 0.1) is 0 Å². The molecule has 1 unspecified atom stereocenters. The summed E-state index contributed by atoms with van der Waals surface area (Å²) < 4.78 is 16.9. The molecule has 6 nitrogen and oxygen atoms in total. The van der Waals surface area contributed by atoms with E-state index in [1.165, 1.54) is 77.0 Å². The Morgan fingerprint density at radius 1 is 0.266 bits per heavy atom. The summed E-state index contributed by atoms with van der Waals surface area (Å²) in [5.41, 5.74) is 0. The van der Waals surface area contributed by atoms with Gasteiger partial charge in [-0.25, -0.2) is 0 Å². The molecule has 0 aliphatic heterocycles. The van der Waals surface area contributed by atoms with Crippen LogP contribution in [0.25, 0.3) is 0 Å². The highest BCUT2D eigenvalue weighted by Crippen LogP contribution is 2.14. The normalized spacial score (nSPS) is 13.1. The molecule has 0 amide bonds. The summed E-state index contributed by atoms with van der Waals surface area (Å²) in [6, 6.07) is 0. The molecule has 0 aliphatic rings. The van der Waals surface area contributed by atoms with E-state index in [9.17, 15) is 14.4 Å². The van der Waals surface area contributed by atoms with Gasteiger partial charge in [-0.1, -0.05) is 263 Å². The Labute approximate surface area is 487 Å². The van der Waals surface area contributed by atoms with Crippen LogP contribution >= 0.6 is 0 Å². The molecule has 0 rings (SSSR count). The summed E-state index contributed by atoms with van der Waals surface area (Å²) in [5, 5.41) is 0. The van der Waals surface area contributed by atoms with E-state index in [-0.39, 0.29) is 31.1 Å². The zero-order valence-corrected chi connectivity index (χ0v) is 51.1. The lowest BCUT2D eigenvalue weighted by atomic mass is 10.1. The van der Waals surface area contributed by atoms with Gasteiger partial charge in [0.1, 0.15) is 13.2 Å². The van der Waals surface area contributed by atoms with Crippen molar-refractivity contribution in [3.05, 3.63) is 146 Å². The first-order valence-corrected chi connectivity index (χ1v) is 32.3. The molecular weight excluding hydrogens is 973 g/mol. The van der Waals surface area contributed by atoms with Gasteiger partial charge < -0.3 is 14.2 Å². The molecule has 79 heavy (non-hydrogen) atoms. The van der Waals surface area contributed by atoms with Gasteiger partial charge in [0.2, 0.25) is 0 Å². The fourth-order valence-electron chi connectivity index (χ4n) is 8.53. The summed E-state index contributed by atoms with van der Waals surface area (Å²) in [6.45, 7) is 6.37. The van der Waals surface area contributed by atoms with Gasteiger partial charge in [-0.05, 0) is 141 Å². The van der Waals surface area contributed by atoms with Crippen molar-refractivity contribution in [3.8, 4) is 0 Å². The first kappa shape index (κ1) is 74.3. The number of carbonyl (C=O) groups is 3. The molecule has 0 spiro atoms. The Hall–Kier alpha value is -4.71. The molecule has 0 fully saturated rings. The minimum Gasteiger partial charge on any atom is -0.462 e. The lowest BCUT2D eigenvalue weighted by molar-refractivity contribution is -0.167. The van der Waals surface area contributed by atoms with Gasteiger partial charge in [-0.2, -0.15) is 0 Å². The van der Waals surface area contributed by atoms with E-state index >= 15 is 0 Å². The second-order valence-corrected chi connectivity index (χ2v) is 20.9. The van der Waals surface area contributed by atoms with Gasteiger partial charge in [0.25, 0.3) is 0 Å². The predicted molar refractivity (Wildman–Crippen MR) is 343 cm³/mol. The summed E-state index contributed by atoms with van der Waals surface area (Å²) in [4.78, 5) is 38.3. The molecule has 0 bridgehead atoms. The summed E-state index contributed by atoms with van der Waals surface area (Å²) in [6.07, 6.45) is 94.2. The number of carbonyl (C=O) groups excluding carboxylic acids is 3. The molecule has 0 N–H and O–H groups in total. The number of hydrogen-bond donors (Lipinski definition) is 0. The predicted octanol–water partition coefficient (Wildman–Crippen LogP) is 22.3. The Morgan fingerprint density at radius 2 is 0.494 bits per heavy atom. The lowest BCUT2D eigenvalue weighted by Gasteiger charge is -2.18. The molecule has 0 radical (unpaired) electrons. The largest absolute Gasteiger partial charge is 0.462 e. The van der Waals surface area contributed by atoms with Crippen LogP contribution in [0.4, 0.5) is 0 Å². The van der Waals surface area contributed by atoms with Crippen molar-refractivity contribution in [1.29, 1.82) is 0 Å². The molecule has 0 aromatic rings. The number of hydrogen-bond acceptors (Lipinski definition) is 6. The third-order valence-corrected chi connectivity index (χ3v) is 13.3. The van der Waals surface area contributed by atoms with Gasteiger partial charge in [-0.3, -0.25) is 14.4 Å². The first-order chi connectivity index (χ1) is 39.0. The minimum absolute atomic E-state index is 0.0961. The van der Waals surface area contributed by atoms with Crippen LogP contribution < -0.4 is 0 Å². The number of rotatable bonds is 57. The molecule has 0 aromatic carbocycles. The fraction of sp³-hybridized carbons (Fsp3) is 0.630. The van der Waals surface area contributed by atoms with Gasteiger partial charge in [-0.15, -0.1) is 0 Å². The van der Waals surface area contributed by atoms with Crippen LogP contribution in [0, 0.1) is 0 Å². The van der Waals surface area contributed by atoms with E-state index in [2.05, 4.69) is 167 Å². The van der Waals surface area contributed by atoms with E-state index in [0.29, 0.717) is 19.3 Å².